The number of nitrogens with zero attached hydrogens (tertiary/aromatic N) is 1. The van der Waals surface area contributed by atoms with Gasteiger partial charge in [-0.3, -0.25) is 0 Å². The summed E-state index contributed by atoms with van der Waals surface area (Å²) in [6.07, 6.45) is 1.17. The summed E-state index contributed by atoms with van der Waals surface area (Å²) in [4.78, 5) is 0. The van der Waals surface area contributed by atoms with Crippen LogP contribution in [0.4, 0.5) is 0 Å². The first-order chi connectivity index (χ1) is 6.56. The smallest absolute Gasteiger partial charge is 0.0898 e. The Kier molecular flexibility index (Phi) is 6.15. The third-order valence-corrected chi connectivity index (χ3v) is 3.38. The van der Waals surface area contributed by atoms with E-state index in [4.69, 9.17) is 0 Å². The summed E-state index contributed by atoms with van der Waals surface area (Å²) in [6, 6.07) is 11.4. The first-order valence-electron chi connectivity index (χ1n) is 5.43. The molecule has 1 atom stereocenters. The van der Waals surface area contributed by atoms with E-state index in [-0.39, 0.29) is 17.0 Å². The second-order valence-electron chi connectivity index (χ2n) is 4.63. The van der Waals surface area contributed by atoms with Crippen LogP contribution in [0.5, 0.6) is 0 Å². The Morgan fingerprint density at radius 2 is 1.67 bits per heavy atom. The number of likely N-dealkylation sites (N-methyl/N-ethyl adjacent to an activating group) is 1. The first-order valence-corrected chi connectivity index (χ1v) is 5.43. The predicted molar refractivity (Wildman–Crippen MR) is 62.3 cm³/mol. The highest BCUT2D eigenvalue weighted by Gasteiger charge is 2.21. The number of hydrogen-bond acceptors (Lipinski definition) is 0. The molecule has 15 heavy (non-hydrogen) atoms. The molecule has 2 heteroatoms. The van der Waals surface area contributed by atoms with Crippen LogP contribution in [0, 0.1) is 0 Å². The molecule has 1 rings (SSSR count). The van der Waals surface area contributed by atoms with Crippen LogP contribution in [0.1, 0.15) is 19.4 Å². The van der Waals surface area contributed by atoms with Crippen molar-refractivity contribution in [2.24, 2.45) is 0 Å². The first kappa shape index (κ1) is 14.7. The molecular formula is C13H22BrN. The van der Waals surface area contributed by atoms with Gasteiger partial charge in [-0.2, -0.15) is 0 Å². The lowest BCUT2D eigenvalue weighted by Crippen LogP contribution is -3.00. The zero-order chi connectivity index (χ0) is 10.6. The van der Waals surface area contributed by atoms with Gasteiger partial charge < -0.3 is 21.5 Å². The Balaban J connectivity index is 0.00000196. The second kappa shape index (κ2) is 6.29. The molecule has 0 aromatic heterocycles. The Bertz CT molecular complexity index is 269. The van der Waals surface area contributed by atoms with Crippen molar-refractivity contribution in [3.05, 3.63) is 35.9 Å². The third kappa shape index (κ3) is 4.35. The molecule has 0 amide bonds. The number of halogens is 1. The van der Waals surface area contributed by atoms with E-state index in [2.05, 4.69) is 58.3 Å². The predicted octanol–water partition coefficient (Wildman–Crippen LogP) is -0.282. The van der Waals surface area contributed by atoms with Gasteiger partial charge in [0.05, 0.1) is 26.7 Å². The molecule has 0 spiro atoms. The number of rotatable bonds is 4. The fourth-order valence-corrected chi connectivity index (χ4v) is 1.51. The Morgan fingerprint density at radius 1 is 1.13 bits per heavy atom. The second-order valence-corrected chi connectivity index (χ2v) is 4.63. The summed E-state index contributed by atoms with van der Waals surface area (Å²) in [5.74, 6) is 0. The minimum Gasteiger partial charge on any atom is -1.00 e. The van der Waals surface area contributed by atoms with Crippen LogP contribution in [0.25, 0.3) is 0 Å². The molecule has 0 fully saturated rings. The Hall–Kier alpha value is -0.340. The van der Waals surface area contributed by atoms with Gasteiger partial charge >= 0.3 is 0 Å². The van der Waals surface area contributed by atoms with Crippen LogP contribution in [-0.4, -0.2) is 31.2 Å². The van der Waals surface area contributed by atoms with Gasteiger partial charge in [0.15, 0.2) is 0 Å². The lowest BCUT2D eigenvalue weighted by molar-refractivity contribution is -0.911. The quantitative estimate of drug-likeness (QED) is 0.661. The summed E-state index contributed by atoms with van der Waals surface area (Å²) in [5, 5.41) is 0. The zero-order valence-electron chi connectivity index (χ0n) is 10.2. The van der Waals surface area contributed by atoms with E-state index in [1.165, 1.54) is 18.5 Å². The molecular weight excluding hydrogens is 250 g/mol. The number of hydrogen-bond donors (Lipinski definition) is 0. The van der Waals surface area contributed by atoms with Crippen molar-refractivity contribution in [3.8, 4) is 0 Å². The molecule has 0 aliphatic heterocycles. The fourth-order valence-electron chi connectivity index (χ4n) is 1.51. The van der Waals surface area contributed by atoms with Crippen molar-refractivity contribution in [3.63, 3.8) is 0 Å². The van der Waals surface area contributed by atoms with Gasteiger partial charge in [0.1, 0.15) is 0 Å². The van der Waals surface area contributed by atoms with Crippen LogP contribution >= 0.6 is 0 Å². The van der Waals surface area contributed by atoms with Crippen molar-refractivity contribution in [1.29, 1.82) is 0 Å². The van der Waals surface area contributed by atoms with E-state index in [1.807, 2.05) is 0 Å². The average molecular weight is 272 g/mol. The number of benzene rings is 1. The van der Waals surface area contributed by atoms with Crippen molar-refractivity contribution in [1.82, 2.24) is 0 Å². The maximum absolute atomic E-state index is 2.33. The minimum absolute atomic E-state index is 0. The summed E-state index contributed by atoms with van der Waals surface area (Å²) in [7, 11) is 4.60. The lowest BCUT2D eigenvalue weighted by Gasteiger charge is -2.35. The topological polar surface area (TPSA) is 0 Å². The molecule has 0 saturated carbocycles. The molecule has 0 N–H and O–H groups in total. The van der Waals surface area contributed by atoms with Gasteiger partial charge in [-0.05, 0) is 19.4 Å². The molecule has 0 radical (unpaired) electrons. The van der Waals surface area contributed by atoms with Crippen molar-refractivity contribution in [2.75, 3.05) is 20.6 Å². The van der Waals surface area contributed by atoms with E-state index < -0.39 is 0 Å². The molecule has 1 aromatic carbocycles. The van der Waals surface area contributed by atoms with Crippen molar-refractivity contribution >= 4 is 0 Å². The van der Waals surface area contributed by atoms with Gasteiger partial charge in [0, 0.05) is 6.42 Å². The van der Waals surface area contributed by atoms with E-state index in [9.17, 15) is 0 Å². The molecule has 86 valence electrons. The summed E-state index contributed by atoms with van der Waals surface area (Å²) in [5.41, 5.74) is 1.44. The monoisotopic (exact) mass is 271 g/mol. The van der Waals surface area contributed by atoms with Crippen molar-refractivity contribution in [2.45, 2.75) is 26.3 Å². The lowest BCUT2D eigenvalue weighted by atomic mass is 10.1. The van der Waals surface area contributed by atoms with E-state index in [0.717, 1.165) is 4.48 Å². The molecule has 0 aliphatic rings. The molecule has 1 aromatic rings. The maximum Gasteiger partial charge on any atom is 0.0898 e. The zero-order valence-corrected chi connectivity index (χ0v) is 11.8. The van der Waals surface area contributed by atoms with Crippen LogP contribution in [-0.2, 0) is 6.42 Å². The van der Waals surface area contributed by atoms with Crippen LogP contribution in [0.3, 0.4) is 0 Å². The minimum atomic E-state index is 0. The van der Waals surface area contributed by atoms with Gasteiger partial charge in [0.25, 0.3) is 0 Å². The van der Waals surface area contributed by atoms with E-state index in [0.29, 0.717) is 6.04 Å². The summed E-state index contributed by atoms with van der Waals surface area (Å²) < 4.78 is 1.09. The molecule has 0 aliphatic carbocycles. The van der Waals surface area contributed by atoms with E-state index in [1.54, 1.807) is 0 Å². The summed E-state index contributed by atoms with van der Waals surface area (Å²) in [6.45, 7) is 5.77. The maximum atomic E-state index is 2.33. The highest BCUT2D eigenvalue weighted by Crippen LogP contribution is 2.12. The SMILES string of the molecule is CC[N+](C)(C)C(C)Cc1ccccc1.[Br-]. The number of quaternary nitrogens is 1. The highest BCUT2D eigenvalue weighted by atomic mass is 79.9. The Labute approximate surface area is 104 Å². The van der Waals surface area contributed by atoms with Gasteiger partial charge in [-0.1, -0.05) is 30.3 Å². The van der Waals surface area contributed by atoms with Crippen molar-refractivity contribution < 1.29 is 21.5 Å². The van der Waals surface area contributed by atoms with Crippen LogP contribution in [0.2, 0.25) is 0 Å². The highest BCUT2D eigenvalue weighted by molar-refractivity contribution is 5.15. The molecule has 0 heterocycles. The van der Waals surface area contributed by atoms with Gasteiger partial charge in [-0.15, -0.1) is 0 Å². The summed E-state index contributed by atoms with van der Waals surface area (Å²) >= 11 is 0. The Morgan fingerprint density at radius 3 is 2.13 bits per heavy atom. The third-order valence-electron chi connectivity index (χ3n) is 3.38. The van der Waals surface area contributed by atoms with E-state index >= 15 is 0 Å². The average Bonchev–Trinajstić information content (AvgIpc) is 2.19. The largest absolute Gasteiger partial charge is 1.00 e. The normalized spacial score (nSPS) is 13.1. The standard InChI is InChI=1S/C13H22N.BrH/c1-5-14(3,4)12(2)11-13-9-7-6-8-10-13;/h6-10,12H,5,11H2,1-4H3;1H/q+1;/p-1. The van der Waals surface area contributed by atoms with Gasteiger partial charge in [0.2, 0.25) is 0 Å². The molecule has 0 saturated heterocycles. The van der Waals surface area contributed by atoms with Gasteiger partial charge in [-0.25, -0.2) is 0 Å². The molecule has 1 unspecified atom stereocenters. The molecule has 1 nitrogen and oxygen atoms in total. The fraction of sp³-hybridized carbons (Fsp3) is 0.538. The molecule has 0 bridgehead atoms. The van der Waals surface area contributed by atoms with Crippen LogP contribution in [0.15, 0.2) is 30.3 Å². The van der Waals surface area contributed by atoms with Crippen LogP contribution < -0.4 is 17.0 Å².